The van der Waals surface area contributed by atoms with Gasteiger partial charge in [-0.05, 0) is 24.1 Å². The summed E-state index contributed by atoms with van der Waals surface area (Å²) < 4.78 is 0. The Morgan fingerprint density at radius 1 is 1.47 bits per heavy atom. The molecule has 0 fully saturated rings. The van der Waals surface area contributed by atoms with Gasteiger partial charge in [0.15, 0.2) is 5.82 Å². The molecule has 1 aromatic carbocycles. The third-order valence-electron chi connectivity index (χ3n) is 2.20. The molecule has 0 saturated carbocycles. The molecule has 2 N–H and O–H groups in total. The number of aromatic nitrogens is 2. The van der Waals surface area contributed by atoms with Crippen molar-refractivity contribution < 1.29 is 0 Å². The van der Waals surface area contributed by atoms with E-state index in [-0.39, 0.29) is 0 Å². The van der Waals surface area contributed by atoms with E-state index in [9.17, 15) is 0 Å². The Kier molecular flexibility index (Phi) is 2.82. The molecule has 0 atom stereocenters. The maximum atomic E-state index is 5.89. The van der Waals surface area contributed by atoms with Crippen LogP contribution in [-0.4, -0.2) is 16.7 Å². The van der Waals surface area contributed by atoms with E-state index in [1.165, 1.54) is 0 Å². The number of aromatic amines is 1. The summed E-state index contributed by atoms with van der Waals surface area (Å²) in [4.78, 5) is 0. The Balaban J connectivity index is 2.29. The zero-order valence-electron chi connectivity index (χ0n) is 8.84. The van der Waals surface area contributed by atoms with Crippen LogP contribution in [-0.2, 0) is 0 Å². The lowest BCUT2D eigenvalue weighted by molar-refractivity contribution is 0.687. The van der Waals surface area contributed by atoms with Crippen LogP contribution in [0.3, 0.4) is 0 Å². The van der Waals surface area contributed by atoms with Crippen molar-refractivity contribution in [2.45, 2.75) is 13.8 Å². The van der Waals surface area contributed by atoms with Gasteiger partial charge in [0.25, 0.3) is 0 Å². The predicted octanol–water partition coefficient (Wildman–Crippen LogP) is 3.28. The van der Waals surface area contributed by atoms with Gasteiger partial charge in [-0.3, -0.25) is 5.10 Å². The van der Waals surface area contributed by atoms with Gasteiger partial charge < -0.3 is 5.32 Å². The molecule has 0 spiro atoms. The third-order valence-corrected chi connectivity index (χ3v) is 2.44. The Morgan fingerprint density at radius 3 is 3.00 bits per heavy atom. The molecule has 0 amide bonds. The van der Waals surface area contributed by atoms with Gasteiger partial charge in [0.05, 0.1) is 5.52 Å². The number of rotatable bonds is 3. The van der Waals surface area contributed by atoms with Gasteiger partial charge in [0, 0.05) is 17.0 Å². The number of hydrogen-bond donors (Lipinski definition) is 2. The average Bonchev–Trinajstić information content (AvgIpc) is 2.57. The fourth-order valence-electron chi connectivity index (χ4n) is 1.43. The van der Waals surface area contributed by atoms with Crippen LogP contribution in [0.25, 0.3) is 10.9 Å². The molecule has 80 valence electrons. The van der Waals surface area contributed by atoms with Crippen LogP contribution in [0.2, 0.25) is 5.02 Å². The summed E-state index contributed by atoms with van der Waals surface area (Å²) in [5, 5.41) is 12.3. The molecule has 2 aromatic rings. The quantitative estimate of drug-likeness (QED) is 0.839. The van der Waals surface area contributed by atoms with E-state index < -0.39 is 0 Å². The van der Waals surface area contributed by atoms with E-state index in [2.05, 4.69) is 29.4 Å². The minimum atomic E-state index is 0.601. The maximum Gasteiger partial charge on any atom is 0.155 e. The Bertz CT molecular complexity index is 462. The average molecular weight is 224 g/mol. The van der Waals surface area contributed by atoms with E-state index in [1.807, 2.05) is 18.2 Å². The zero-order chi connectivity index (χ0) is 10.8. The second-order valence-corrected chi connectivity index (χ2v) is 4.47. The zero-order valence-corrected chi connectivity index (χ0v) is 9.60. The van der Waals surface area contributed by atoms with Crippen molar-refractivity contribution in [1.29, 1.82) is 0 Å². The molecule has 0 radical (unpaired) electrons. The van der Waals surface area contributed by atoms with E-state index >= 15 is 0 Å². The standard InChI is InChI=1S/C11H14ClN3/c1-7(2)6-13-11-9-4-3-8(12)5-10(9)14-15-11/h3-5,7H,6H2,1-2H3,(H2,13,14,15). The van der Waals surface area contributed by atoms with Gasteiger partial charge in [0.1, 0.15) is 0 Å². The number of nitrogens with one attached hydrogen (secondary N) is 2. The van der Waals surface area contributed by atoms with Crippen LogP contribution in [0.5, 0.6) is 0 Å². The van der Waals surface area contributed by atoms with E-state index in [0.29, 0.717) is 5.92 Å². The monoisotopic (exact) mass is 223 g/mol. The highest BCUT2D eigenvalue weighted by molar-refractivity contribution is 6.31. The third kappa shape index (κ3) is 2.23. The lowest BCUT2D eigenvalue weighted by Crippen LogP contribution is -2.08. The summed E-state index contributed by atoms with van der Waals surface area (Å²) in [5.74, 6) is 1.50. The number of H-pyrrole nitrogens is 1. The van der Waals surface area contributed by atoms with Gasteiger partial charge in [-0.2, -0.15) is 5.10 Å². The van der Waals surface area contributed by atoms with Crippen molar-refractivity contribution in [1.82, 2.24) is 10.2 Å². The van der Waals surface area contributed by atoms with Crippen LogP contribution in [0, 0.1) is 5.92 Å². The first-order valence-electron chi connectivity index (χ1n) is 5.04. The fraction of sp³-hybridized carbons (Fsp3) is 0.364. The molecule has 1 aromatic heterocycles. The highest BCUT2D eigenvalue weighted by Gasteiger charge is 2.05. The van der Waals surface area contributed by atoms with Crippen molar-refractivity contribution in [3.05, 3.63) is 23.2 Å². The molecular weight excluding hydrogens is 210 g/mol. The van der Waals surface area contributed by atoms with Crippen molar-refractivity contribution in [2.24, 2.45) is 5.92 Å². The van der Waals surface area contributed by atoms with Crippen molar-refractivity contribution >= 4 is 28.3 Å². The highest BCUT2D eigenvalue weighted by Crippen LogP contribution is 2.23. The predicted molar refractivity (Wildman–Crippen MR) is 64.4 cm³/mol. The second-order valence-electron chi connectivity index (χ2n) is 4.04. The number of fused-ring (bicyclic) bond motifs is 1. The van der Waals surface area contributed by atoms with Gasteiger partial charge in [0.2, 0.25) is 0 Å². The molecular formula is C11H14ClN3. The lowest BCUT2D eigenvalue weighted by Gasteiger charge is -2.05. The van der Waals surface area contributed by atoms with Gasteiger partial charge >= 0.3 is 0 Å². The number of nitrogens with zero attached hydrogens (tertiary/aromatic N) is 1. The summed E-state index contributed by atoms with van der Waals surface area (Å²) in [6, 6.07) is 5.73. The van der Waals surface area contributed by atoms with Crippen LogP contribution in [0.4, 0.5) is 5.82 Å². The number of anilines is 1. The Hall–Kier alpha value is -1.22. The second kappa shape index (κ2) is 4.11. The minimum absolute atomic E-state index is 0.601. The van der Waals surface area contributed by atoms with E-state index in [0.717, 1.165) is 28.3 Å². The SMILES string of the molecule is CC(C)CNc1n[nH]c2cc(Cl)ccc12. The number of halogens is 1. The molecule has 3 nitrogen and oxygen atoms in total. The summed E-state index contributed by atoms with van der Waals surface area (Å²) in [6.07, 6.45) is 0. The molecule has 0 unspecified atom stereocenters. The highest BCUT2D eigenvalue weighted by atomic mass is 35.5. The normalized spacial score (nSPS) is 11.2. The van der Waals surface area contributed by atoms with E-state index in [1.54, 1.807) is 0 Å². The van der Waals surface area contributed by atoms with Crippen LogP contribution >= 0.6 is 11.6 Å². The first kappa shape index (κ1) is 10.3. The topological polar surface area (TPSA) is 40.7 Å². The first-order chi connectivity index (χ1) is 7.16. The first-order valence-corrected chi connectivity index (χ1v) is 5.42. The molecule has 0 aliphatic heterocycles. The number of benzene rings is 1. The van der Waals surface area contributed by atoms with Gasteiger partial charge in [-0.15, -0.1) is 0 Å². The molecule has 2 rings (SSSR count). The molecule has 1 heterocycles. The van der Waals surface area contributed by atoms with Gasteiger partial charge in [-0.1, -0.05) is 25.4 Å². The van der Waals surface area contributed by atoms with Crippen LogP contribution in [0.1, 0.15) is 13.8 Å². The molecule has 0 saturated heterocycles. The van der Waals surface area contributed by atoms with E-state index in [4.69, 9.17) is 11.6 Å². The van der Waals surface area contributed by atoms with Crippen LogP contribution < -0.4 is 5.32 Å². The molecule has 0 aliphatic carbocycles. The largest absolute Gasteiger partial charge is 0.368 e. The van der Waals surface area contributed by atoms with Crippen molar-refractivity contribution in [2.75, 3.05) is 11.9 Å². The molecule has 0 bridgehead atoms. The van der Waals surface area contributed by atoms with Crippen molar-refractivity contribution in [3.63, 3.8) is 0 Å². The van der Waals surface area contributed by atoms with Gasteiger partial charge in [-0.25, -0.2) is 0 Å². The van der Waals surface area contributed by atoms with Crippen LogP contribution in [0.15, 0.2) is 18.2 Å². The lowest BCUT2D eigenvalue weighted by atomic mass is 10.2. The summed E-state index contributed by atoms with van der Waals surface area (Å²) in [5.41, 5.74) is 0.966. The fourth-order valence-corrected chi connectivity index (χ4v) is 1.60. The summed E-state index contributed by atoms with van der Waals surface area (Å²) in [6.45, 7) is 5.25. The minimum Gasteiger partial charge on any atom is -0.368 e. The summed E-state index contributed by atoms with van der Waals surface area (Å²) >= 11 is 5.89. The molecule has 4 heteroatoms. The Labute approximate surface area is 93.8 Å². The molecule has 15 heavy (non-hydrogen) atoms. The maximum absolute atomic E-state index is 5.89. The summed E-state index contributed by atoms with van der Waals surface area (Å²) in [7, 11) is 0. The number of hydrogen-bond acceptors (Lipinski definition) is 2. The molecule has 0 aliphatic rings. The smallest absolute Gasteiger partial charge is 0.155 e. The Morgan fingerprint density at radius 2 is 2.27 bits per heavy atom. The van der Waals surface area contributed by atoms with Crippen molar-refractivity contribution in [3.8, 4) is 0 Å².